The lowest BCUT2D eigenvalue weighted by molar-refractivity contribution is -0.192. The molecule has 1 aromatic rings. The quantitative estimate of drug-likeness (QED) is 0.415. The fourth-order valence-electron chi connectivity index (χ4n) is 7.53. The Kier molecular flexibility index (Phi) is 12.1. The van der Waals surface area contributed by atoms with Crippen LogP contribution in [0.5, 0.6) is 0 Å². The molecule has 0 bridgehead atoms. The number of unbranched alkanes of at least 4 members (excludes halogenated alkanes) is 1. The predicted molar refractivity (Wildman–Crippen MR) is 167 cm³/mol. The summed E-state index contributed by atoms with van der Waals surface area (Å²) in [5.74, 6) is -1.80. The first-order valence-corrected chi connectivity index (χ1v) is 16.9. The molecular formula is C33H50F3N5O6. The first kappa shape index (κ1) is 36.8. The third-order valence-electron chi connectivity index (χ3n) is 10.6. The van der Waals surface area contributed by atoms with Crippen molar-refractivity contribution >= 4 is 18.0 Å². The largest absolute Gasteiger partial charge is 0.490 e. The number of alkyl halides is 3. The highest BCUT2D eigenvalue weighted by Gasteiger charge is 2.51. The number of hydrogen-bond acceptors (Lipinski definition) is 8. The lowest BCUT2D eigenvalue weighted by Gasteiger charge is -2.55. The van der Waals surface area contributed by atoms with Crippen LogP contribution in [0.1, 0.15) is 93.4 Å². The zero-order valence-electron chi connectivity index (χ0n) is 28.1. The summed E-state index contributed by atoms with van der Waals surface area (Å²) >= 11 is 0. The van der Waals surface area contributed by atoms with Crippen molar-refractivity contribution < 1.29 is 42.1 Å². The van der Waals surface area contributed by atoms with Gasteiger partial charge in [-0.1, -0.05) is 19.8 Å². The normalized spacial score (nSPS) is 23.6. The highest BCUT2D eigenvalue weighted by molar-refractivity contribution is 5.96. The van der Waals surface area contributed by atoms with Crippen LogP contribution in [-0.4, -0.2) is 118 Å². The highest BCUT2D eigenvalue weighted by Crippen LogP contribution is 2.43. The van der Waals surface area contributed by atoms with E-state index in [1.165, 1.54) is 12.7 Å². The lowest BCUT2D eigenvalue weighted by atomic mass is 9.74. The number of aryl methyl sites for hydroxylation is 2. The van der Waals surface area contributed by atoms with Crippen LogP contribution in [0.15, 0.2) is 6.33 Å². The first-order chi connectivity index (χ1) is 22.2. The summed E-state index contributed by atoms with van der Waals surface area (Å²) in [6.45, 7) is 14.9. The number of aromatic nitrogens is 2. The van der Waals surface area contributed by atoms with Gasteiger partial charge in [-0.3, -0.25) is 9.69 Å². The Bertz CT molecular complexity index is 1220. The topological polar surface area (TPSA) is 125 Å². The number of ether oxygens (including phenoxy) is 2. The fourth-order valence-corrected chi connectivity index (χ4v) is 7.53. The molecule has 5 rings (SSSR count). The van der Waals surface area contributed by atoms with E-state index in [-0.39, 0.29) is 23.1 Å². The number of piperidine rings is 2. The van der Waals surface area contributed by atoms with Gasteiger partial charge < -0.3 is 24.4 Å². The number of carboxylic acids is 1. The summed E-state index contributed by atoms with van der Waals surface area (Å²) in [6, 6.07) is 0. The van der Waals surface area contributed by atoms with E-state index >= 15 is 0 Å². The lowest BCUT2D eigenvalue weighted by Crippen LogP contribution is -2.64. The van der Waals surface area contributed by atoms with Gasteiger partial charge in [-0.15, -0.1) is 0 Å². The average Bonchev–Trinajstić information content (AvgIpc) is 3.02. The van der Waals surface area contributed by atoms with Crippen LogP contribution in [0.2, 0.25) is 0 Å². The predicted octanol–water partition coefficient (Wildman–Crippen LogP) is 5.24. The molecule has 1 atom stereocenters. The summed E-state index contributed by atoms with van der Waals surface area (Å²) in [7, 11) is 0. The minimum Gasteiger partial charge on any atom is -0.475 e. The van der Waals surface area contributed by atoms with Crippen molar-refractivity contribution in [1.82, 2.24) is 24.7 Å². The number of carbonyl (C=O) groups excluding carboxylic acids is 2. The Morgan fingerprint density at radius 1 is 1.02 bits per heavy atom. The van der Waals surface area contributed by atoms with Crippen molar-refractivity contribution in [3.05, 3.63) is 23.3 Å². The van der Waals surface area contributed by atoms with Gasteiger partial charge in [-0.25, -0.2) is 19.6 Å². The van der Waals surface area contributed by atoms with E-state index in [1.54, 1.807) is 0 Å². The first-order valence-electron chi connectivity index (χ1n) is 16.9. The van der Waals surface area contributed by atoms with Crippen molar-refractivity contribution in [3.63, 3.8) is 0 Å². The molecule has 4 aliphatic heterocycles. The van der Waals surface area contributed by atoms with Crippen LogP contribution in [0.3, 0.4) is 0 Å². The molecular weight excluding hydrogens is 619 g/mol. The Hall–Kier alpha value is -3.00. The van der Waals surface area contributed by atoms with Crippen LogP contribution in [0, 0.1) is 25.7 Å². The molecule has 0 aromatic carbocycles. The molecule has 11 nitrogen and oxygen atoms in total. The molecule has 4 fully saturated rings. The van der Waals surface area contributed by atoms with Gasteiger partial charge in [0.1, 0.15) is 11.9 Å². The van der Waals surface area contributed by atoms with E-state index in [0.717, 1.165) is 115 Å². The van der Waals surface area contributed by atoms with Gasteiger partial charge in [0.25, 0.3) is 5.91 Å². The van der Waals surface area contributed by atoms with E-state index in [4.69, 9.17) is 19.4 Å². The van der Waals surface area contributed by atoms with Crippen LogP contribution in [-0.2, 0) is 14.3 Å². The van der Waals surface area contributed by atoms with Gasteiger partial charge in [-0.2, -0.15) is 13.2 Å². The van der Waals surface area contributed by atoms with Crippen molar-refractivity contribution in [3.8, 4) is 0 Å². The van der Waals surface area contributed by atoms with Crippen molar-refractivity contribution in [2.45, 2.75) is 103 Å². The number of carboxylic acid groups (broad SMARTS) is 1. The van der Waals surface area contributed by atoms with Crippen LogP contribution in [0.4, 0.5) is 18.0 Å². The Morgan fingerprint density at radius 3 is 2.13 bits per heavy atom. The molecule has 1 aromatic heterocycles. The molecule has 4 saturated heterocycles. The summed E-state index contributed by atoms with van der Waals surface area (Å²) in [4.78, 5) is 50.6. The molecule has 2 amide bonds. The van der Waals surface area contributed by atoms with Crippen molar-refractivity contribution in [2.24, 2.45) is 11.8 Å². The number of aliphatic carboxylic acids is 1. The van der Waals surface area contributed by atoms with E-state index in [1.807, 2.05) is 23.6 Å². The third-order valence-corrected chi connectivity index (χ3v) is 10.6. The smallest absolute Gasteiger partial charge is 0.475 e. The maximum Gasteiger partial charge on any atom is 0.490 e. The third kappa shape index (κ3) is 8.92. The summed E-state index contributed by atoms with van der Waals surface area (Å²) in [6.07, 6.45) is 5.52. The number of halogens is 3. The van der Waals surface area contributed by atoms with Gasteiger partial charge in [0.15, 0.2) is 0 Å². The van der Waals surface area contributed by atoms with E-state index < -0.39 is 12.1 Å². The highest BCUT2D eigenvalue weighted by atomic mass is 19.4. The maximum absolute atomic E-state index is 13.3. The minimum absolute atomic E-state index is 0.0440. The molecule has 5 heterocycles. The fraction of sp³-hybridized carbons (Fsp3) is 0.788. The van der Waals surface area contributed by atoms with Crippen LogP contribution < -0.4 is 0 Å². The number of carbonyl (C=O) groups is 3. The second-order valence-corrected chi connectivity index (χ2v) is 13.7. The molecule has 0 saturated carbocycles. The Morgan fingerprint density at radius 2 is 1.60 bits per heavy atom. The van der Waals surface area contributed by atoms with Crippen molar-refractivity contribution in [1.29, 1.82) is 0 Å². The molecule has 14 heteroatoms. The second-order valence-electron chi connectivity index (χ2n) is 13.7. The molecule has 0 radical (unpaired) electrons. The number of nitrogens with zero attached hydrogens (tertiary/aromatic N) is 5. The molecule has 1 spiro atoms. The second kappa shape index (κ2) is 15.5. The molecule has 0 aliphatic carbocycles. The van der Waals surface area contributed by atoms with Gasteiger partial charge in [0.05, 0.1) is 17.0 Å². The van der Waals surface area contributed by atoms with Gasteiger partial charge in [0.2, 0.25) is 0 Å². The molecule has 47 heavy (non-hydrogen) atoms. The molecule has 264 valence electrons. The number of hydrogen-bond donors (Lipinski definition) is 1. The molecule has 4 aliphatic rings. The van der Waals surface area contributed by atoms with Gasteiger partial charge >= 0.3 is 18.2 Å². The number of rotatable bonds is 7. The van der Waals surface area contributed by atoms with Gasteiger partial charge in [-0.05, 0) is 58.8 Å². The number of amides is 2. The summed E-state index contributed by atoms with van der Waals surface area (Å²) in [5, 5.41) is 7.12. The van der Waals surface area contributed by atoms with E-state index in [2.05, 4.69) is 28.7 Å². The van der Waals surface area contributed by atoms with Crippen LogP contribution in [0.25, 0.3) is 0 Å². The van der Waals surface area contributed by atoms with E-state index in [9.17, 15) is 22.8 Å². The molecule has 1 N–H and O–H groups in total. The summed E-state index contributed by atoms with van der Waals surface area (Å²) in [5.41, 5.74) is 1.84. The monoisotopic (exact) mass is 669 g/mol. The van der Waals surface area contributed by atoms with E-state index in [0.29, 0.717) is 17.4 Å². The minimum atomic E-state index is -5.08. The number of likely N-dealkylation sites (tertiary alicyclic amines) is 2. The zero-order chi connectivity index (χ0) is 34.4. The zero-order valence-corrected chi connectivity index (χ0v) is 28.1. The summed E-state index contributed by atoms with van der Waals surface area (Å²) < 4.78 is 43.7. The van der Waals surface area contributed by atoms with Crippen LogP contribution >= 0.6 is 0 Å². The Labute approximate surface area is 275 Å². The van der Waals surface area contributed by atoms with Gasteiger partial charge in [0, 0.05) is 76.8 Å². The maximum atomic E-state index is 13.3. The SMILES string of the molecule is CCCCC1CN(CC2CCOCC2)C(=O)OC12CCN(C1(C)CCN(C(=O)c3c(C)ncnc3C)CC1)CC2.O=C(O)C(F)(F)F. The Balaban J connectivity index is 0.000000644. The molecule has 1 unspecified atom stereocenters. The average molecular weight is 670 g/mol. The van der Waals surface area contributed by atoms with Crippen molar-refractivity contribution in [2.75, 3.05) is 52.5 Å². The standard InChI is InChI=1S/C31H49N5O4.C2HF3O2/c1-5-6-7-26-21-35(20-25-8-18-39-19-9-25)29(38)40-31(26)12-16-36(17-13-31)30(4)10-14-34(15-11-30)28(37)27-23(2)32-22-33-24(27)3;3-2(4,5)1(6)7/h22,25-26H,5-21H2,1-4H3;(H,6,7).